The molecule has 1 saturated heterocycles. The summed E-state index contributed by atoms with van der Waals surface area (Å²) >= 11 is 0. The van der Waals surface area contributed by atoms with Crippen LogP contribution in [0.25, 0.3) is 0 Å². The molecule has 28 heavy (non-hydrogen) atoms. The van der Waals surface area contributed by atoms with Crippen LogP contribution in [0, 0.1) is 6.92 Å². The molecular formula is C21H27N3O3S. The highest BCUT2D eigenvalue weighted by Crippen LogP contribution is 2.25. The molecule has 0 bridgehead atoms. The highest BCUT2D eigenvalue weighted by atomic mass is 32.2. The Balaban J connectivity index is 1.73. The summed E-state index contributed by atoms with van der Waals surface area (Å²) in [5, 5.41) is 2.81. The summed E-state index contributed by atoms with van der Waals surface area (Å²) in [5.74, 6) is -0.333. The molecule has 0 radical (unpaired) electrons. The first-order valence-corrected chi connectivity index (χ1v) is 11.0. The summed E-state index contributed by atoms with van der Waals surface area (Å²) in [6.45, 7) is 2.33. The van der Waals surface area contributed by atoms with Crippen molar-refractivity contribution in [3.8, 4) is 0 Å². The van der Waals surface area contributed by atoms with Crippen molar-refractivity contribution >= 4 is 15.9 Å². The van der Waals surface area contributed by atoms with Gasteiger partial charge >= 0.3 is 0 Å². The Hall–Kier alpha value is -2.22. The monoisotopic (exact) mass is 401 g/mol. The zero-order valence-corrected chi connectivity index (χ0v) is 16.9. The molecule has 0 spiro atoms. The molecule has 0 aromatic heterocycles. The molecule has 1 aliphatic heterocycles. The maximum Gasteiger partial charge on any atom is 0.243 e. The van der Waals surface area contributed by atoms with Crippen molar-refractivity contribution in [2.75, 3.05) is 6.54 Å². The van der Waals surface area contributed by atoms with Crippen LogP contribution >= 0.6 is 0 Å². The second kappa shape index (κ2) is 8.86. The van der Waals surface area contributed by atoms with Gasteiger partial charge in [-0.15, -0.1) is 0 Å². The third-order valence-corrected chi connectivity index (χ3v) is 7.06. The van der Waals surface area contributed by atoms with Crippen molar-refractivity contribution in [3.63, 3.8) is 0 Å². The van der Waals surface area contributed by atoms with Gasteiger partial charge in [-0.25, -0.2) is 8.42 Å². The number of hydrogen-bond donors (Lipinski definition) is 2. The number of sulfonamides is 1. The molecule has 1 aliphatic rings. The number of nitrogens with one attached hydrogen (secondary N) is 1. The van der Waals surface area contributed by atoms with Crippen LogP contribution in [-0.2, 0) is 21.2 Å². The lowest BCUT2D eigenvalue weighted by atomic mass is 10.0. The first-order chi connectivity index (χ1) is 13.4. The van der Waals surface area contributed by atoms with Crippen LogP contribution in [0.2, 0.25) is 0 Å². The summed E-state index contributed by atoms with van der Waals surface area (Å²) in [6, 6.07) is 15.4. The number of nitrogens with two attached hydrogens (primary N) is 1. The first kappa shape index (κ1) is 20.5. The molecule has 1 heterocycles. The molecule has 150 valence electrons. The van der Waals surface area contributed by atoms with Crippen molar-refractivity contribution < 1.29 is 13.2 Å². The minimum atomic E-state index is -3.73. The maximum absolute atomic E-state index is 13.0. The van der Waals surface area contributed by atoms with E-state index in [0.717, 1.165) is 24.0 Å². The fourth-order valence-electron chi connectivity index (χ4n) is 3.59. The van der Waals surface area contributed by atoms with Gasteiger partial charge in [-0.2, -0.15) is 4.31 Å². The Kier molecular flexibility index (Phi) is 6.49. The van der Waals surface area contributed by atoms with Gasteiger partial charge in [0, 0.05) is 13.0 Å². The van der Waals surface area contributed by atoms with E-state index >= 15 is 0 Å². The van der Waals surface area contributed by atoms with Crippen molar-refractivity contribution in [2.24, 2.45) is 5.73 Å². The molecule has 0 unspecified atom stereocenters. The number of nitrogens with zero attached hydrogens (tertiary/aromatic N) is 1. The third-order valence-electron chi connectivity index (χ3n) is 5.13. The molecule has 1 amide bonds. The van der Waals surface area contributed by atoms with E-state index in [0.29, 0.717) is 19.4 Å². The molecule has 6 nitrogen and oxygen atoms in total. The Labute approximate surface area is 166 Å². The number of piperidine rings is 1. The number of amides is 1. The smallest absolute Gasteiger partial charge is 0.243 e. The Morgan fingerprint density at radius 2 is 1.82 bits per heavy atom. The number of aryl methyl sites for hydroxylation is 1. The van der Waals surface area contributed by atoms with Gasteiger partial charge in [0.15, 0.2) is 0 Å². The molecule has 2 aromatic carbocycles. The van der Waals surface area contributed by atoms with Crippen molar-refractivity contribution in [3.05, 3.63) is 65.7 Å². The van der Waals surface area contributed by atoms with Crippen molar-refractivity contribution in [2.45, 2.75) is 49.7 Å². The summed E-state index contributed by atoms with van der Waals surface area (Å²) < 4.78 is 27.4. The quantitative estimate of drug-likeness (QED) is 0.726. The van der Waals surface area contributed by atoms with Crippen LogP contribution in [-0.4, -0.2) is 37.4 Å². The number of carbonyl (C=O) groups is 1. The highest BCUT2D eigenvalue weighted by molar-refractivity contribution is 7.89. The molecule has 3 rings (SSSR count). The van der Waals surface area contributed by atoms with Gasteiger partial charge in [-0.1, -0.05) is 48.9 Å². The highest BCUT2D eigenvalue weighted by Gasteiger charge is 2.37. The fraction of sp³-hybridized carbons (Fsp3) is 0.381. The zero-order valence-electron chi connectivity index (χ0n) is 16.0. The second-order valence-corrected chi connectivity index (χ2v) is 9.08. The number of hydrogen-bond acceptors (Lipinski definition) is 4. The minimum Gasteiger partial charge on any atom is -0.339 e. The van der Waals surface area contributed by atoms with Gasteiger partial charge in [0.05, 0.1) is 11.1 Å². The molecule has 2 atom stereocenters. The fourth-order valence-corrected chi connectivity index (χ4v) is 5.27. The number of carbonyl (C=O) groups excluding carboxylic acids is 1. The molecular weight excluding hydrogens is 374 g/mol. The van der Waals surface area contributed by atoms with E-state index in [9.17, 15) is 13.2 Å². The summed E-state index contributed by atoms with van der Waals surface area (Å²) in [6.07, 6.45) is 1.97. The summed E-state index contributed by atoms with van der Waals surface area (Å²) in [7, 11) is -3.73. The Morgan fingerprint density at radius 1 is 1.14 bits per heavy atom. The molecule has 2 aromatic rings. The van der Waals surface area contributed by atoms with E-state index in [1.165, 1.54) is 4.31 Å². The van der Waals surface area contributed by atoms with Crippen molar-refractivity contribution in [1.29, 1.82) is 0 Å². The predicted octanol–water partition coefficient (Wildman–Crippen LogP) is 2.18. The third kappa shape index (κ3) is 4.60. The lowest BCUT2D eigenvalue weighted by Crippen LogP contribution is -2.55. The molecule has 1 fully saturated rings. The Bertz CT molecular complexity index is 916. The second-order valence-electron chi connectivity index (χ2n) is 7.19. The average molecular weight is 402 g/mol. The van der Waals surface area contributed by atoms with Crippen LogP contribution in [0.5, 0.6) is 0 Å². The topological polar surface area (TPSA) is 92.5 Å². The predicted molar refractivity (Wildman–Crippen MR) is 109 cm³/mol. The molecule has 7 heteroatoms. The van der Waals surface area contributed by atoms with E-state index in [4.69, 9.17) is 5.73 Å². The first-order valence-electron chi connectivity index (χ1n) is 9.57. The van der Waals surface area contributed by atoms with E-state index in [-0.39, 0.29) is 10.8 Å². The van der Waals surface area contributed by atoms with Crippen LogP contribution in [0.1, 0.15) is 30.4 Å². The van der Waals surface area contributed by atoms with E-state index in [1.807, 2.05) is 31.2 Å². The van der Waals surface area contributed by atoms with Crippen LogP contribution in [0.15, 0.2) is 59.5 Å². The zero-order chi connectivity index (χ0) is 20.1. The van der Waals surface area contributed by atoms with E-state index in [2.05, 4.69) is 5.32 Å². The minimum absolute atomic E-state index is 0.207. The Morgan fingerprint density at radius 3 is 2.54 bits per heavy atom. The van der Waals surface area contributed by atoms with Gasteiger partial charge in [0.25, 0.3) is 0 Å². The van der Waals surface area contributed by atoms with Gasteiger partial charge in [-0.3, -0.25) is 4.79 Å². The van der Waals surface area contributed by atoms with Crippen LogP contribution < -0.4 is 11.1 Å². The lowest BCUT2D eigenvalue weighted by molar-refractivity contribution is -0.126. The standard InChI is InChI=1S/C21H27N3O3S/c1-16-9-5-6-10-17(16)15-20(22)23-21(25)19-13-7-8-14-24(19)28(26,27)18-11-3-2-4-12-18/h2-6,9-12,19-20H,7-8,13-15,22H2,1H3,(H,23,25)/t19-,20-/m0/s1. The van der Waals surface area contributed by atoms with E-state index in [1.54, 1.807) is 30.3 Å². The lowest BCUT2D eigenvalue weighted by Gasteiger charge is -2.34. The van der Waals surface area contributed by atoms with Crippen LogP contribution in [0.3, 0.4) is 0 Å². The average Bonchev–Trinajstić information content (AvgIpc) is 2.70. The van der Waals surface area contributed by atoms with E-state index < -0.39 is 22.2 Å². The van der Waals surface area contributed by atoms with Gasteiger partial charge in [0.1, 0.15) is 6.04 Å². The molecule has 0 saturated carbocycles. The molecule has 0 aliphatic carbocycles. The van der Waals surface area contributed by atoms with Gasteiger partial charge in [-0.05, 0) is 43.0 Å². The summed E-state index contributed by atoms with van der Waals surface area (Å²) in [4.78, 5) is 13.1. The number of benzene rings is 2. The number of rotatable bonds is 6. The largest absolute Gasteiger partial charge is 0.339 e. The van der Waals surface area contributed by atoms with Gasteiger partial charge in [0.2, 0.25) is 15.9 Å². The summed E-state index contributed by atoms with van der Waals surface area (Å²) in [5.41, 5.74) is 8.32. The van der Waals surface area contributed by atoms with Crippen LogP contribution in [0.4, 0.5) is 0 Å². The molecule has 3 N–H and O–H groups in total. The van der Waals surface area contributed by atoms with Crippen molar-refractivity contribution in [1.82, 2.24) is 9.62 Å². The normalized spacial score (nSPS) is 19.1. The maximum atomic E-state index is 13.0. The van der Waals surface area contributed by atoms with Gasteiger partial charge < -0.3 is 11.1 Å². The SMILES string of the molecule is Cc1ccccc1C[C@@H](N)NC(=O)[C@@H]1CCCCN1S(=O)(=O)c1ccccc1.